The molecule has 3 N–H and O–H groups in total. The van der Waals surface area contributed by atoms with Crippen molar-refractivity contribution in [1.82, 2.24) is 0 Å². The van der Waals surface area contributed by atoms with Crippen molar-refractivity contribution in [3.63, 3.8) is 0 Å². The molecule has 0 fully saturated rings. The van der Waals surface area contributed by atoms with E-state index in [2.05, 4.69) is 5.32 Å². The van der Waals surface area contributed by atoms with E-state index in [0.29, 0.717) is 11.1 Å². The van der Waals surface area contributed by atoms with Crippen LogP contribution in [0.15, 0.2) is 48.5 Å². The largest absolute Gasteiger partial charge is 0.365 e. The fourth-order valence-electron chi connectivity index (χ4n) is 3.08. The van der Waals surface area contributed by atoms with E-state index in [1.54, 1.807) is 19.1 Å². The summed E-state index contributed by atoms with van der Waals surface area (Å²) < 4.78 is 0. The number of carbonyl (C=O) groups is 2. The highest BCUT2D eigenvalue weighted by molar-refractivity contribution is 7.17. The molecule has 0 spiro atoms. The third kappa shape index (κ3) is 3.49. The Morgan fingerprint density at radius 3 is 2.36 bits per heavy atom. The Balaban J connectivity index is 2.07. The maximum atomic E-state index is 12.8. The lowest BCUT2D eigenvalue weighted by atomic mass is 10.0. The lowest BCUT2D eigenvalue weighted by Gasteiger charge is -2.08. The van der Waals surface area contributed by atoms with Gasteiger partial charge in [-0.1, -0.05) is 42.5 Å². The number of nitro groups is 1. The smallest absolute Gasteiger partial charge is 0.285 e. The van der Waals surface area contributed by atoms with E-state index in [9.17, 15) is 19.7 Å². The fourth-order valence-corrected chi connectivity index (χ4v) is 4.15. The monoisotopic (exact) mass is 395 g/mol. The molecule has 8 heteroatoms. The second kappa shape index (κ2) is 7.61. The van der Waals surface area contributed by atoms with Gasteiger partial charge in [-0.2, -0.15) is 0 Å². The van der Waals surface area contributed by atoms with Gasteiger partial charge in [-0.25, -0.2) is 0 Å². The highest BCUT2D eigenvalue weighted by atomic mass is 32.1. The van der Waals surface area contributed by atoms with E-state index < -0.39 is 16.7 Å². The zero-order valence-corrected chi connectivity index (χ0v) is 16.0. The molecule has 1 aromatic heterocycles. The first-order valence-corrected chi connectivity index (χ1v) is 9.17. The number of benzene rings is 2. The average Bonchev–Trinajstić information content (AvgIpc) is 2.97. The molecule has 0 aliphatic heterocycles. The maximum Gasteiger partial charge on any atom is 0.285 e. The van der Waals surface area contributed by atoms with E-state index in [1.165, 1.54) is 17.4 Å². The number of nitrogens with one attached hydrogen (secondary N) is 1. The summed E-state index contributed by atoms with van der Waals surface area (Å²) in [5.41, 5.74) is 7.26. The van der Waals surface area contributed by atoms with Gasteiger partial charge in [0.25, 0.3) is 17.5 Å². The van der Waals surface area contributed by atoms with Crippen LogP contribution in [-0.4, -0.2) is 16.7 Å². The molecule has 3 rings (SSSR count). The third-order valence-corrected chi connectivity index (χ3v) is 5.31. The lowest BCUT2D eigenvalue weighted by Crippen LogP contribution is -2.18. The summed E-state index contributed by atoms with van der Waals surface area (Å²) in [5.74, 6) is -1.35. The average molecular weight is 395 g/mol. The Kier molecular flexibility index (Phi) is 5.23. The Hall–Kier alpha value is -3.52. The molecule has 1 heterocycles. The van der Waals surface area contributed by atoms with E-state index in [4.69, 9.17) is 5.73 Å². The van der Waals surface area contributed by atoms with Gasteiger partial charge in [-0.05, 0) is 25.5 Å². The van der Waals surface area contributed by atoms with Crippen molar-refractivity contribution in [2.24, 2.45) is 5.73 Å². The molecule has 142 valence electrons. The molecule has 0 saturated heterocycles. The summed E-state index contributed by atoms with van der Waals surface area (Å²) in [6.07, 6.45) is 0. The molecule has 28 heavy (non-hydrogen) atoms. The molecule has 2 aromatic carbocycles. The van der Waals surface area contributed by atoms with Crippen LogP contribution in [0.5, 0.6) is 0 Å². The Morgan fingerprint density at radius 1 is 1.07 bits per heavy atom. The molecule has 0 radical (unpaired) electrons. The van der Waals surface area contributed by atoms with Gasteiger partial charge < -0.3 is 11.1 Å². The predicted octanol–water partition coefficient (Wildman–Crippen LogP) is 4.29. The lowest BCUT2D eigenvalue weighted by molar-refractivity contribution is -0.385. The van der Waals surface area contributed by atoms with Crippen molar-refractivity contribution in [1.29, 1.82) is 0 Å². The molecule has 3 aromatic rings. The van der Waals surface area contributed by atoms with Gasteiger partial charge in [-0.3, -0.25) is 19.7 Å². The first-order chi connectivity index (χ1) is 13.3. The number of nitrogens with zero attached hydrogens (tertiary/aromatic N) is 1. The quantitative estimate of drug-likeness (QED) is 0.495. The molecule has 0 aliphatic rings. The van der Waals surface area contributed by atoms with Crippen molar-refractivity contribution < 1.29 is 14.5 Å². The molecule has 0 unspecified atom stereocenters. The van der Waals surface area contributed by atoms with Crippen LogP contribution in [-0.2, 0) is 0 Å². The highest BCUT2D eigenvalue weighted by Gasteiger charge is 2.26. The standard InChI is InChI=1S/C20H17N3O4S/c1-11-7-6-10-14(17(11)23(26)27)19(25)22-20-16(18(21)24)15(12(2)28-20)13-8-4-3-5-9-13/h3-10H,1-2H3,(H2,21,24)(H,22,25). The number of thiophene rings is 1. The zero-order valence-electron chi connectivity index (χ0n) is 15.2. The maximum absolute atomic E-state index is 12.8. The van der Waals surface area contributed by atoms with Gasteiger partial charge >= 0.3 is 0 Å². The number of rotatable bonds is 5. The van der Waals surface area contributed by atoms with Gasteiger partial charge in [0, 0.05) is 16.0 Å². The molecular weight excluding hydrogens is 378 g/mol. The number of nitrogens with two attached hydrogens (primary N) is 1. The normalized spacial score (nSPS) is 10.5. The Morgan fingerprint density at radius 2 is 1.75 bits per heavy atom. The number of carbonyl (C=O) groups excluding carboxylic acids is 2. The SMILES string of the molecule is Cc1cccc(C(=O)Nc2sc(C)c(-c3ccccc3)c2C(N)=O)c1[N+](=O)[O-]. The van der Waals surface area contributed by atoms with E-state index >= 15 is 0 Å². The number of hydrogen-bond acceptors (Lipinski definition) is 5. The van der Waals surface area contributed by atoms with Crippen molar-refractivity contribution >= 4 is 33.8 Å². The van der Waals surface area contributed by atoms with Crippen LogP contribution in [0.3, 0.4) is 0 Å². The minimum absolute atomic E-state index is 0.0762. The summed E-state index contributed by atoms with van der Waals surface area (Å²) in [6, 6.07) is 13.7. The van der Waals surface area contributed by atoms with Gasteiger partial charge in [0.2, 0.25) is 0 Å². The topological polar surface area (TPSA) is 115 Å². The number of para-hydroxylation sites is 1. The summed E-state index contributed by atoms with van der Waals surface area (Å²) in [5, 5.41) is 14.3. The molecule has 0 aliphatic carbocycles. The van der Waals surface area contributed by atoms with E-state index in [-0.39, 0.29) is 21.8 Å². The van der Waals surface area contributed by atoms with Crippen LogP contribution >= 0.6 is 11.3 Å². The molecular formula is C20H17N3O4S. The molecule has 0 bridgehead atoms. The van der Waals surface area contributed by atoms with Crippen molar-refractivity contribution in [2.45, 2.75) is 13.8 Å². The summed E-state index contributed by atoms with van der Waals surface area (Å²) >= 11 is 1.20. The van der Waals surface area contributed by atoms with Crippen molar-refractivity contribution in [3.8, 4) is 11.1 Å². The Labute approximate surface area is 165 Å². The van der Waals surface area contributed by atoms with Crippen LogP contribution in [0.25, 0.3) is 11.1 Å². The minimum atomic E-state index is -0.683. The van der Waals surface area contributed by atoms with Crippen LogP contribution in [0.4, 0.5) is 10.7 Å². The molecule has 2 amide bonds. The third-order valence-electron chi connectivity index (χ3n) is 4.29. The first kappa shape index (κ1) is 19.2. The molecule has 0 atom stereocenters. The van der Waals surface area contributed by atoms with E-state index in [1.807, 2.05) is 37.3 Å². The number of hydrogen-bond donors (Lipinski definition) is 2. The number of primary amides is 1. The van der Waals surface area contributed by atoms with E-state index in [0.717, 1.165) is 10.4 Å². The number of aryl methyl sites for hydroxylation is 2. The van der Waals surface area contributed by atoms with Gasteiger partial charge in [0.15, 0.2) is 0 Å². The first-order valence-electron chi connectivity index (χ1n) is 8.35. The van der Waals surface area contributed by atoms with Crippen molar-refractivity contribution in [2.75, 3.05) is 5.32 Å². The van der Waals surface area contributed by atoms with Crippen LogP contribution in [0.2, 0.25) is 0 Å². The van der Waals surface area contributed by atoms with Crippen LogP contribution < -0.4 is 11.1 Å². The minimum Gasteiger partial charge on any atom is -0.365 e. The predicted molar refractivity (Wildman–Crippen MR) is 109 cm³/mol. The number of nitro benzene ring substituents is 1. The van der Waals surface area contributed by atoms with Crippen LogP contribution in [0.1, 0.15) is 31.2 Å². The second-order valence-electron chi connectivity index (χ2n) is 6.15. The number of anilines is 1. The summed E-state index contributed by atoms with van der Waals surface area (Å²) in [4.78, 5) is 36.5. The Bertz CT molecular complexity index is 1090. The molecule has 0 saturated carbocycles. The number of amides is 2. The van der Waals surface area contributed by atoms with Gasteiger partial charge in [0.05, 0.1) is 10.5 Å². The van der Waals surface area contributed by atoms with Gasteiger partial charge in [0.1, 0.15) is 10.6 Å². The van der Waals surface area contributed by atoms with Crippen molar-refractivity contribution in [3.05, 3.63) is 80.2 Å². The molecule has 7 nitrogen and oxygen atoms in total. The summed E-state index contributed by atoms with van der Waals surface area (Å²) in [6.45, 7) is 3.39. The summed E-state index contributed by atoms with van der Waals surface area (Å²) in [7, 11) is 0. The van der Waals surface area contributed by atoms with Gasteiger partial charge in [-0.15, -0.1) is 11.3 Å². The fraction of sp³-hybridized carbons (Fsp3) is 0.100. The van der Waals surface area contributed by atoms with Crippen LogP contribution in [0, 0.1) is 24.0 Å². The second-order valence-corrected chi connectivity index (χ2v) is 7.37. The highest BCUT2D eigenvalue weighted by Crippen LogP contribution is 2.40. The zero-order chi connectivity index (χ0) is 20.4.